The Morgan fingerprint density at radius 1 is 1.47 bits per heavy atom. The molecule has 0 aliphatic rings. The van der Waals surface area contributed by atoms with Crippen LogP contribution < -0.4 is 11.5 Å². The van der Waals surface area contributed by atoms with E-state index in [1.165, 1.54) is 30.7 Å². The van der Waals surface area contributed by atoms with Crippen LogP contribution in [0.25, 0.3) is 11.1 Å². The van der Waals surface area contributed by atoms with Crippen molar-refractivity contribution in [1.82, 2.24) is 4.57 Å². The van der Waals surface area contributed by atoms with Crippen LogP contribution in [0.4, 0.5) is 8.78 Å². The lowest BCUT2D eigenvalue weighted by atomic mass is 10.0. The maximum absolute atomic E-state index is 13.7. The van der Waals surface area contributed by atoms with E-state index in [9.17, 15) is 13.6 Å². The molecule has 4 nitrogen and oxygen atoms in total. The summed E-state index contributed by atoms with van der Waals surface area (Å²) in [7, 11) is 1.51. The number of nitrogens with zero attached hydrogens (tertiary/aromatic N) is 1. The van der Waals surface area contributed by atoms with Crippen molar-refractivity contribution in [2.24, 2.45) is 12.8 Å². The second kappa shape index (κ2) is 3.66. The maximum Gasteiger partial charge on any atom is 0.419 e. The van der Waals surface area contributed by atoms with Gasteiger partial charge in [-0.3, -0.25) is 4.57 Å². The Morgan fingerprint density at radius 2 is 2.12 bits per heavy atom. The van der Waals surface area contributed by atoms with Crippen LogP contribution in [0.1, 0.15) is 12.5 Å². The topological polar surface area (TPSA) is 61.2 Å². The number of fused-ring (bicyclic) bond motifs is 1. The van der Waals surface area contributed by atoms with Gasteiger partial charge < -0.3 is 10.2 Å². The minimum absolute atomic E-state index is 0.135. The highest BCUT2D eigenvalue weighted by Gasteiger charge is 2.36. The minimum Gasteiger partial charge on any atom is -0.408 e. The third-order valence-electron chi connectivity index (χ3n) is 2.75. The fourth-order valence-electron chi connectivity index (χ4n) is 1.60. The van der Waals surface area contributed by atoms with Crippen LogP contribution in [0.15, 0.2) is 27.4 Å². The lowest BCUT2D eigenvalue weighted by molar-refractivity contribution is -0.0255. The fraction of sp³-hybridized carbons (Fsp3) is 0.364. The van der Waals surface area contributed by atoms with Crippen molar-refractivity contribution in [3.05, 3.63) is 34.3 Å². The summed E-state index contributed by atoms with van der Waals surface area (Å²) in [6, 6.07) is 2.52. The summed E-state index contributed by atoms with van der Waals surface area (Å²) in [4.78, 5) is 11.2. The SMILES string of the molecule is CC(N)C(F)(F)c1ccc2c(c1)oc(=O)n2C. The molecule has 0 radical (unpaired) electrons. The summed E-state index contributed by atoms with van der Waals surface area (Å²) < 4.78 is 33.4. The van der Waals surface area contributed by atoms with E-state index in [1.54, 1.807) is 0 Å². The van der Waals surface area contributed by atoms with Crippen LogP contribution in [0.5, 0.6) is 0 Å². The van der Waals surface area contributed by atoms with Crippen molar-refractivity contribution in [1.29, 1.82) is 0 Å². The summed E-state index contributed by atoms with van der Waals surface area (Å²) in [5.74, 6) is -3.73. The smallest absolute Gasteiger partial charge is 0.408 e. The predicted molar refractivity (Wildman–Crippen MR) is 59.0 cm³/mol. The standard InChI is InChI=1S/C11H12F2N2O2/c1-6(14)11(12,13)7-3-4-8-9(5-7)17-10(16)15(8)2/h3-6H,14H2,1-2H3. The van der Waals surface area contributed by atoms with Crippen LogP contribution in [0, 0.1) is 0 Å². The van der Waals surface area contributed by atoms with E-state index in [0.717, 1.165) is 6.07 Å². The molecule has 0 bridgehead atoms. The molecular formula is C11H12F2N2O2. The zero-order valence-electron chi connectivity index (χ0n) is 9.41. The summed E-state index contributed by atoms with van der Waals surface area (Å²) in [5.41, 5.74) is 5.58. The van der Waals surface area contributed by atoms with E-state index >= 15 is 0 Å². The predicted octanol–water partition coefficient (Wildman–Crippen LogP) is 1.57. The van der Waals surface area contributed by atoms with E-state index in [1.807, 2.05) is 0 Å². The molecule has 0 fully saturated rings. The largest absolute Gasteiger partial charge is 0.419 e. The average Bonchev–Trinajstić information content (AvgIpc) is 2.54. The third-order valence-corrected chi connectivity index (χ3v) is 2.75. The Hall–Kier alpha value is -1.69. The number of halogens is 2. The number of benzene rings is 1. The number of hydrogen-bond acceptors (Lipinski definition) is 3. The number of aromatic nitrogens is 1. The van der Waals surface area contributed by atoms with Gasteiger partial charge in [0.2, 0.25) is 0 Å². The Kier molecular flexibility index (Phi) is 2.54. The van der Waals surface area contributed by atoms with Crippen molar-refractivity contribution in [2.75, 3.05) is 0 Å². The maximum atomic E-state index is 13.7. The Morgan fingerprint density at radius 3 is 2.71 bits per heavy atom. The van der Waals surface area contributed by atoms with Gasteiger partial charge in [0, 0.05) is 12.6 Å². The highest BCUT2D eigenvalue weighted by atomic mass is 19.3. The average molecular weight is 242 g/mol. The van der Waals surface area contributed by atoms with E-state index in [2.05, 4.69) is 0 Å². The van der Waals surface area contributed by atoms with E-state index in [0.29, 0.717) is 5.52 Å². The molecule has 0 saturated heterocycles. The van der Waals surface area contributed by atoms with Gasteiger partial charge in [-0.2, -0.15) is 8.78 Å². The summed E-state index contributed by atoms with van der Waals surface area (Å²) in [5, 5.41) is 0. The highest BCUT2D eigenvalue weighted by Crippen LogP contribution is 2.32. The van der Waals surface area contributed by atoms with Crippen LogP contribution in [0.3, 0.4) is 0 Å². The number of rotatable bonds is 2. The number of nitrogens with two attached hydrogens (primary N) is 1. The highest BCUT2D eigenvalue weighted by molar-refractivity contribution is 5.73. The number of alkyl halides is 2. The first-order chi connectivity index (χ1) is 7.84. The molecule has 17 heavy (non-hydrogen) atoms. The van der Waals surface area contributed by atoms with Gasteiger partial charge in [0.15, 0.2) is 5.58 Å². The van der Waals surface area contributed by atoms with Crippen molar-refractivity contribution in [2.45, 2.75) is 18.9 Å². The fourth-order valence-corrected chi connectivity index (χ4v) is 1.60. The molecule has 2 N–H and O–H groups in total. The summed E-state index contributed by atoms with van der Waals surface area (Å²) in [6.45, 7) is 1.23. The molecule has 1 atom stereocenters. The van der Waals surface area contributed by atoms with Crippen molar-refractivity contribution in [3.8, 4) is 0 Å². The zero-order valence-corrected chi connectivity index (χ0v) is 9.41. The van der Waals surface area contributed by atoms with E-state index in [-0.39, 0.29) is 11.1 Å². The lowest BCUT2D eigenvalue weighted by Crippen LogP contribution is -2.35. The number of hydrogen-bond donors (Lipinski definition) is 1. The van der Waals surface area contributed by atoms with Crippen LogP contribution in [0.2, 0.25) is 0 Å². The Labute approximate surface area is 95.6 Å². The molecule has 0 spiro atoms. The van der Waals surface area contributed by atoms with Crippen LogP contribution in [-0.4, -0.2) is 10.6 Å². The minimum atomic E-state index is -3.15. The Bertz CT molecular complexity index is 613. The Balaban J connectivity index is 2.64. The third kappa shape index (κ3) is 1.74. The molecule has 6 heteroatoms. The van der Waals surface area contributed by atoms with Gasteiger partial charge in [-0.1, -0.05) is 6.07 Å². The van der Waals surface area contributed by atoms with Gasteiger partial charge in [-0.25, -0.2) is 4.79 Å². The molecule has 1 aromatic carbocycles. The van der Waals surface area contributed by atoms with Gasteiger partial charge >= 0.3 is 5.76 Å². The second-order valence-corrected chi connectivity index (χ2v) is 4.02. The van der Waals surface area contributed by atoms with Crippen molar-refractivity contribution in [3.63, 3.8) is 0 Å². The molecular weight excluding hydrogens is 230 g/mol. The summed E-state index contributed by atoms with van der Waals surface area (Å²) in [6.07, 6.45) is 0. The molecule has 0 amide bonds. The molecule has 1 unspecified atom stereocenters. The molecule has 0 aliphatic carbocycles. The van der Waals surface area contributed by atoms with Crippen molar-refractivity contribution >= 4 is 11.1 Å². The first-order valence-electron chi connectivity index (χ1n) is 5.07. The first kappa shape index (κ1) is 11.8. The molecule has 2 aromatic rings. The molecule has 0 aliphatic heterocycles. The molecule has 2 rings (SSSR count). The van der Waals surface area contributed by atoms with E-state index in [4.69, 9.17) is 10.2 Å². The monoisotopic (exact) mass is 242 g/mol. The molecule has 1 heterocycles. The lowest BCUT2D eigenvalue weighted by Gasteiger charge is -2.20. The molecule has 1 aromatic heterocycles. The summed E-state index contributed by atoms with van der Waals surface area (Å²) >= 11 is 0. The molecule has 0 saturated carbocycles. The van der Waals surface area contributed by atoms with E-state index < -0.39 is 17.7 Å². The zero-order chi connectivity index (χ0) is 12.8. The molecule has 92 valence electrons. The van der Waals surface area contributed by atoms with Crippen LogP contribution >= 0.6 is 0 Å². The normalized spacial score (nSPS) is 14.2. The quantitative estimate of drug-likeness (QED) is 0.869. The van der Waals surface area contributed by atoms with Crippen molar-refractivity contribution < 1.29 is 13.2 Å². The number of aryl methyl sites for hydroxylation is 1. The second-order valence-electron chi connectivity index (χ2n) is 4.02. The van der Waals surface area contributed by atoms with Gasteiger partial charge in [-0.15, -0.1) is 0 Å². The van der Waals surface area contributed by atoms with Gasteiger partial charge in [0.25, 0.3) is 5.92 Å². The first-order valence-corrected chi connectivity index (χ1v) is 5.07. The number of oxazole rings is 1. The van der Waals surface area contributed by atoms with Gasteiger partial charge in [-0.05, 0) is 19.1 Å². The van der Waals surface area contributed by atoms with Gasteiger partial charge in [0.05, 0.1) is 11.6 Å². The van der Waals surface area contributed by atoms with Crippen LogP contribution in [-0.2, 0) is 13.0 Å². The van der Waals surface area contributed by atoms with Gasteiger partial charge in [0.1, 0.15) is 0 Å².